The topological polar surface area (TPSA) is 40.8 Å². The Balaban J connectivity index is 1.63. The van der Waals surface area contributed by atoms with Crippen molar-refractivity contribution in [2.24, 2.45) is 0 Å². The standard InChI is InChI=1S/C26H36N2O3/c1-5-27(6-2)21-9-11-25(19(13-21)15-23-17-29-23)31-26-12-10-22(28(7-3)8-4)14-20(26)16-24-18-30-24/h9-14,23-24H,5-8,15-18H2,1-4H3. The van der Waals surface area contributed by atoms with Gasteiger partial charge in [0.05, 0.1) is 25.4 Å². The predicted molar refractivity (Wildman–Crippen MR) is 127 cm³/mol. The SMILES string of the molecule is CCN(CC)c1ccc(Oc2ccc(N(CC)CC)cc2CC2CO2)c(CC2CO2)c1. The molecule has 0 saturated carbocycles. The van der Waals surface area contributed by atoms with Crippen LogP contribution in [-0.4, -0.2) is 51.6 Å². The van der Waals surface area contributed by atoms with E-state index in [1.165, 1.54) is 22.5 Å². The summed E-state index contributed by atoms with van der Waals surface area (Å²) in [4.78, 5) is 4.74. The molecule has 0 amide bonds. The minimum Gasteiger partial charge on any atom is -0.457 e. The van der Waals surface area contributed by atoms with Crippen molar-refractivity contribution in [1.82, 2.24) is 0 Å². The van der Waals surface area contributed by atoms with E-state index in [9.17, 15) is 0 Å². The van der Waals surface area contributed by atoms with E-state index in [4.69, 9.17) is 14.2 Å². The van der Waals surface area contributed by atoms with Gasteiger partial charge in [0.2, 0.25) is 0 Å². The van der Waals surface area contributed by atoms with Crippen LogP contribution in [0.3, 0.4) is 0 Å². The van der Waals surface area contributed by atoms with Gasteiger partial charge in [0.1, 0.15) is 11.5 Å². The van der Waals surface area contributed by atoms with E-state index in [1.54, 1.807) is 0 Å². The van der Waals surface area contributed by atoms with Crippen LogP contribution in [0.25, 0.3) is 0 Å². The smallest absolute Gasteiger partial charge is 0.130 e. The molecule has 2 aromatic carbocycles. The second-order valence-corrected chi connectivity index (χ2v) is 8.35. The molecule has 5 nitrogen and oxygen atoms in total. The van der Waals surface area contributed by atoms with Gasteiger partial charge in [-0.05, 0) is 75.2 Å². The van der Waals surface area contributed by atoms with Gasteiger partial charge >= 0.3 is 0 Å². The van der Waals surface area contributed by atoms with Crippen molar-refractivity contribution in [3.05, 3.63) is 47.5 Å². The highest BCUT2D eigenvalue weighted by Crippen LogP contribution is 2.36. The number of hydrogen-bond acceptors (Lipinski definition) is 5. The Hall–Kier alpha value is -2.24. The van der Waals surface area contributed by atoms with Gasteiger partial charge in [-0.15, -0.1) is 0 Å². The van der Waals surface area contributed by atoms with Gasteiger partial charge in [0.15, 0.2) is 0 Å². The van der Waals surface area contributed by atoms with Crippen LogP contribution >= 0.6 is 0 Å². The van der Waals surface area contributed by atoms with Gasteiger partial charge in [0, 0.05) is 50.4 Å². The molecule has 0 bridgehead atoms. The normalized spacial score (nSPS) is 19.2. The van der Waals surface area contributed by atoms with Gasteiger partial charge < -0.3 is 24.0 Å². The molecule has 2 fully saturated rings. The van der Waals surface area contributed by atoms with Crippen molar-refractivity contribution < 1.29 is 14.2 Å². The number of rotatable bonds is 12. The number of hydrogen-bond donors (Lipinski definition) is 0. The molecule has 0 aliphatic carbocycles. The zero-order valence-electron chi connectivity index (χ0n) is 19.4. The zero-order chi connectivity index (χ0) is 21.8. The Morgan fingerprint density at radius 3 is 1.42 bits per heavy atom. The summed E-state index contributed by atoms with van der Waals surface area (Å²) >= 11 is 0. The first-order valence-electron chi connectivity index (χ1n) is 11.8. The molecule has 0 aromatic heterocycles. The number of epoxide rings is 2. The summed E-state index contributed by atoms with van der Waals surface area (Å²) < 4.78 is 17.6. The third kappa shape index (κ3) is 5.52. The lowest BCUT2D eigenvalue weighted by Gasteiger charge is -2.24. The molecule has 2 unspecified atom stereocenters. The second-order valence-electron chi connectivity index (χ2n) is 8.35. The summed E-state index contributed by atoms with van der Waals surface area (Å²) in [6, 6.07) is 13.2. The largest absolute Gasteiger partial charge is 0.457 e. The molecule has 5 heteroatoms. The molecular weight excluding hydrogens is 388 g/mol. The Morgan fingerprint density at radius 1 is 0.710 bits per heavy atom. The van der Waals surface area contributed by atoms with Crippen LogP contribution in [0.1, 0.15) is 38.8 Å². The molecule has 31 heavy (non-hydrogen) atoms. The van der Waals surface area contributed by atoms with Gasteiger partial charge in [-0.2, -0.15) is 0 Å². The fourth-order valence-corrected chi connectivity index (χ4v) is 4.20. The van der Waals surface area contributed by atoms with Crippen molar-refractivity contribution in [2.45, 2.75) is 52.7 Å². The minimum atomic E-state index is 0.318. The molecule has 2 aliphatic rings. The summed E-state index contributed by atoms with van der Waals surface area (Å²) in [5.74, 6) is 1.86. The molecule has 0 N–H and O–H groups in total. The first-order valence-corrected chi connectivity index (χ1v) is 11.8. The van der Waals surface area contributed by atoms with Crippen molar-refractivity contribution in [1.29, 1.82) is 0 Å². The van der Waals surface area contributed by atoms with E-state index >= 15 is 0 Å². The fraction of sp³-hybridized carbons (Fsp3) is 0.538. The molecule has 0 spiro atoms. The minimum absolute atomic E-state index is 0.318. The lowest BCUT2D eigenvalue weighted by molar-refractivity contribution is 0.398. The molecule has 4 rings (SSSR count). The van der Waals surface area contributed by atoms with Crippen LogP contribution in [0.5, 0.6) is 11.5 Å². The van der Waals surface area contributed by atoms with Gasteiger partial charge in [-0.25, -0.2) is 0 Å². The van der Waals surface area contributed by atoms with E-state index in [0.29, 0.717) is 12.2 Å². The van der Waals surface area contributed by atoms with E-state index in [2.05, 4.69) is 73.9 Å². The van der Waals surface area contributed by atoms with Gasteiger partial charge in [-0.3, -0.25) is 0 Å². The molecule has 2 aliphatic heterocycles. The van der Waals surface area contributed by atoms with Crippen LogP contribution in [-0.2, 0) is 22.3 Å². The molecule has 168 valence electrons. The predicted octanol–water partition coefficient (Wildman–Crippen LogP) is 5.05. The first-order chi connectivity index (χ1) is 15.1. The molecule has 2 saturated heterocycles. The monoisotopic (exact) mass is 424 g/mol. The Kier molecular flexibility index (Phi) is 7.03. The fourth-order valence-electron chi connectivity index (χ4n) is 4.20. The lowest BCUT2D eigenvalue weighted by atomic mass is 10.1. The summed E-state index contributed by atoms with van der Waals surface area (Å²) in [6.07, 6.45) is 2.42. The van der Waals surface area contributed by atoms with E-state index in [0.717, 1.165) is 63.7 Å². The Morgan fingerprint density at radius 2 is 1.10 bits per heavy atom. The van der Waals surface area contributed by atoms with E-state index < -0.39 is 0 Å². The highest BCUT2D eigenvalue weighted by atomic mass is 16.6. The van der Waals surface area contributed by atoms with E-state index in [-0.39, 0.29) is 0 Å². The maximum Gasteiger partial charge on any atom is 0.130 e. The summed E-state index contributed by atoms with van der Waals surface area (Å²) in [5, 5.41) is 0. The van der Waals surface area contributed by atoms with Gasteiger partial charge in [-0.1, -0.05) is 0 Å². The number of benzene rings is 2. The first kappa shape index (κ1) is 22.0. The van der Waals surface area contributed by atoms with Crippen molar-refractivity contribution in [3.8, 4) is 11.5 Å². The van der Waals surface area contributed by atoms with Crippen LogP contribution in [0.2, 0.25) is 0 Å². The highest BCUT2D eigenvalue weighted by Gasteiger charge is 2.27. The lowest BCUT2D eigenvalue weighted by Crippen LogP contribution is -2.22. The average Bonchev–Trinajstić information content (AvgIpc) is 3.70. The third-order valence-electron chi connectivity index (χ3n) is 6.27. The van der Waals surface area contributed by atoms with Crippen LogP contribution in [0.4, 0.5) is 11.4 Å². The van der Waals surface area contributed by atoms with Crippen molar-refractivity contribution in [2.75, 3.05) is 49.2 Å². The Labute approximate surface area is 186 Å². The van der Waals surface area contributed by atoms with Crippen molar-refractivity contribution >= 4 is 11.4 Å². The van der Waals surface area contributed by atoms with Gasteiger partial charge in [0.25, 0.3) is 0 Å². The molecule has 2 atom stereocenters. The van der Waals surface area contributed by atoms with Crippen LogP contribution < -0.4 is 14.5 Å². The highest BCUT2D eigenvalue weighted by molar-refractivity contribution is 5.57. The number of anilines is 2. The molecular formula is C26H36N2O3. The molecule has 2 aromatic rings. The maximum absolute atomic E-state index is 6.55. The third-order valence-corrected chi connectivity index (χ3v) is 6.27. The van der Waals surface area contributed by atoms with E-state index in [1.807, 2.05) is 0 Å². The maximum atomic E-state index is 6.55. The average molecular weight is 425 g/mol. The quantitative estimate of drug-likeness (QED) is 0.446. The van der Waals surface area contributed by atoms with Crippen LogP contribution in [0.15, 0.2) is 36.4 Å². The summed E-state index contributed by atoms with van der Waals surface area (Å²) in [5.41, 5.74) is 4.93. The summed E-state index contributed by atoms with van der Waals surface area (Å²) in [6.45, 7) is 14.5. The van der Waals surface area contributed by atoms with Crippen molar-refractivity contribution in [3.63, 3.8) is 0 Å². The molecule has 2 heterocycles. The second kappa shape index (κ2) is 9.92. The zero-order valence-corrected chi connectivity index (χ0v) is 19.4. The molecule has 0 radical (unpaired) electrons. The Bertz CT molecular complexity index is 797. The number of ether oxygens (including phenoxy) is 3. The van der Waals surface area contributed by atoms with Crippen LogP contribution in [0, 0.1) is 0 Å². The number of nitrogens with zero attached hydrogens (tertiary/aromatic N) is 2. The summed E-state index contributed by atoms with van der Waals surface area (Å²) in [7, 11) is 0.